The molecule has 1 rings (SSSR count). The molecule has 0 aliphatic rings. The van der Waals surface area contributed by atoms with Crippen molar-refractivity contribution in [2.45, 2.75) is 12.5 Å². The first kappa shape index (κ1) is 9.99. The average Bonchev–Trinajstić information content (AvgIpc) is 2.36. The number of rotatable bonds is 3. The second-order valence-electron chi connectivity index (χ2n) is 2.81. The molecule has 1 heterocycles. The molecule has 2 nitrogen and oxygen atoms in total. The summed E-state index contributed by atoms with van der Waals surface area (Å²) in [7, 11) is 1.56. The fourth-order valence-corrected chi connectivity index (χ4v) is 2.03. The van der Waals surface area contributed by atoms with Crippen LogP contribution in [-0.2, 0) is 10.3 Å². The maximum Gasteiger partial charge on any atom is 0.119 e. The van der Waals surface area contributed by atoms with E-state index in [-0.39, 0.29) is 6.61 Å². The van der Waals surface area contributed by atoms with E-state index in [2.05, 4.69) is 0 Å². The van der Waals surface area contributed by atoms with Gasteiger partial charge in [0.2, 0.25) is 0 Å². The predicted molar refractivity (Wildman–Crippen MR) is 50.8 cm³/mol. The molecule has 0 fully saturated rings. The van der Waals surface area contributed by atoms with Crippen molar-refractivity contribution in [1.29, 1.82) is 0 Å². The van der Waals surface area contributed by atoms with E-state index in [1.807, 2.05) is 6.07 Å². The van der Waals surface area contributed by atoms with E-state index >= 15 is 0 Å². The quantitative estimate of drug-likeness (QED) is 0.822. The van der Waals surface area contributed by atoms with Crippen molar-refractivity contribution < 1.29 is 9.84 Å². The van der Waals surface area contributed by atoms with Crippen LogP contribution in [0.2, 0.25) is 4.34 Å². The second-order valence-corrected chi connectivity index (χ2v) is 4.53. The summed E-state index contributed by atoms with van der Waals surface area (Å²) in [6.07, 6.45) is 0. The molecule has 1 unspecified atom stereocenters. The van der Waals surface area contributed by atoms with Gasteiger partial charge in [0, 0.05) is 12.0 Å². The Bertz CT molecular complexity index is 257. The van der Waals surface area contributed by atoms with Crippen molar-refractivity contribution in [3.05, 3.63) is 21.3 Å². The molecule has 0 saturated heterocycles. The molecule has 0 radical (unpaired) electrons. The smallest absolute Gasteiger partial charge is 0.119 e. The second kappa shape index (κ2) is 3.75. The van der Waals surface area contributed by atoms with E-state index in [4.69, 9.17) is 16.3 Å². The van der Waals surface area contributed by atoms with E-state index in [1.165, 1.54) is 11.3 Å². The van der Waals surface area contributed by atoms with Crippen molar-refractivity contribution in [2.24, 2.45) is 0 Å². The fraction of sp³-hybridized carbons (Fsp3) is 0.500. The van der Waals surface area contributed by atoms with Gasteiger partial charge in [-0.2, -0.15) is 0 Å². The number of thiophene rings is 1. The SMILES string of the molecule is COCC(C)(O)c1ccc(Cl)s1. The molecule has 12 heavy (non-hydrogen) atoms. The maximum absolute atomic E-state index is 9.83. The average molecular weight is 207 g/mol. The number of hydrogen-bond donors (Lipinski definition) is 1. The molecule has 0 spiro atoms. The van der Waals surface area contributed by atoms with Gasteiger partial charge in [-0.1, -0.05) is 11.6 Å². The molecule has 1 N–H and O–H groups in total. The van der Waals surface area contributed by atoms with Crippen LogP contribution in [-0.4, -0.2) is 18.8 Å². The Kier molecular flexibility index (Phi) is 3.12. The van der Waals surface area contributed by atoms with Crippen LogP contribution in [0, 0.1) is 0 Å². The van der Waals surface area contributed by atoms with E-state index in [1.54, 1.807) is 20.1 Å². The molecule has 0 aliphatic carbocycles. The van der Waals surface area contributed by atoms with Crippen LogP contribution in [0.25, 0.3) is 0 Å². The summed E-state index contributed by atoms with van der Waals surface area (Å²) in [6.45, 7) is 1.99. The lowest BCUT2D eigenvalue weighted by Gasteiger charge is -2.20. The molecule has 0 aromatic carbocycles. The van der Waals surface area contributed by atoms with E-state index in [9.17, 15) is 5.11 Å². The van der Waals surface area contributed by atoms with Crippen LogP contribution in [0.15, 0.2) is 12.1 Å². The van der Waals surface area contributed by atoms with Crippen LogP contribution in [0.3, 0.4) is 0 Å². The monoisotopic (exact) mass is 206 g/mol. The molecule has 4 heteroatoms. The summed E-state index contributed by atoms with van der Waals surface area (Å²) >= 11 is 7.10. The molecule has 0 saturated carbocycles. The van der Waals surface area contributed by atoms with Crippen LogP contribution in [0.4, 0.5) is 0 Å². The number of methoxy groups -OCH3 is 1. The van der Waals surface area contributed by atoms with Crippen molar-refractivity contribution in [3.8, 4) is 0 Å². The maximum atomic E-state index is 9.83. The van der Waals surface area contributed by atoms with Crippen molar-refractivity contribution in [1.82, 2.24) is 0 Å². The Hall–Kier alpha value is -0.0900. The third-order valence-electron chi connectivity index (χ3n) is 1.53. The minimum Gasteiger partial charge on any atom is -0.382 e. The van der Waals surface area contributed by atoms with Crippen molar-refractivity contribution in [3.63, 3.8) is 0 Å². The van der Waals surface area contributed by atoms with E-state index in [0.717, 1.165) is 4.88 Å². The fourth-order valence-electron chi connectivity index (χ4n) is 0.956. The highest BCUT2D eigenvalue weighted by molar-refractivity contribution is 7.16. The first-order valence-corrected chi connectivity index (χ1v) is 4.73. The molecule has 0 aliphatic heterocycles. The Labute approximate surface area is 80.7 Å². The van der Waals surface area contributed by atoms with Crippen molar-refractivity contribution >= 4 is 22.9 Å². The highest BCUT2D eigenvalue weighted by atomic mass is 35.5. The predicted octanol–water partition coefficient (Wildman–Crippen LogP) is 2.26. The molecule has 1 aromatic heterocycles. The summed E-state index contributed by atoms with van der Waals surface area (Å²) in [6, 6.07) is 3.58. The highest BCUT2D eigenvalue weighted by Crippen LogP contribution is 2.30. The highest BCUT2D eigenvalue weighted by Gasteiger charge is 2.24. The topological polar surface area (TPSA) is 29.5 Å². The van der Waals surface area contributed by atoms with Gasteiger partial charge in [-0.15, -0.1) is 11.3 Å². The minimum atomic E-state index is -0.924. The lowest BCUT2D eigenvalue weighted by atomic mass is 10.1. The molecule has 0 amide bonds. The van der Waals surface area contributed by atoms with Gasteiger partial charge in [-0.25, -0.2) is 0 Å². The summed E-state index contributed by atoms with van der Waals surface area (Å²) in [5.41, 5.74) is -0.924. The van der Waals surface area contributed by atoms with Gasteiger partial charge in [-0.05, 0) is 19.1 Å². The summed E-state index contributed by atoms with van der Waals surface area (Å²) in [5.74, 6) is 0. The van der Waals surface area contributed by atoms with Crippen LogP contribution >= 0.6 is 22.9 Å². The standard InChI is InChI=1S/C8H11ClO2S/c1-8(10,5-11-2)6-3-4-7(9)12-6/h3-4,10H,5H2,1-2H3. The van der Waals surface area contributed by atoms with Crippen LogP contribution < -0.4 is 0 Å². The Morgan fingerprint density at radius 3 is 2.75 bits per heavy atom. The number of hydrogen-bond acceptors (Lipinski definition) is 3. The number of halogens is 1. The molecule has 0 bridgehead atoms. The normalized spacial score (nSPS) is 16.0. The number of ether oxygens (including phenoxy) is 1. The lowest BCUT2D eigenvalue weighted by Crippen LogP contribution is -2.25. The minimum absolute atomic E-state index is 0.282. The zero-order chi connectivity index (χ0) is 9.19. The van der Waals surface area contributed by atoms with E-state index in [0.29, 0.717) is 4.34 Å². The van der Waals surface area contributed by atoms with Gasteiger partial charge in [0.25, 0.3) is 0 Å². The van der Waals surface area contributed by atoms with E-state index < -0.39 is 5.60 Å². The third-order valence-corrected chi connectivity index (χ3v) is 3.01. The molecule has 1 atom stereocenters. The Morgan fingerprint density at radius 2 is 2.33 bits per heavy atom. The summed E-state index contributed by atoms with van der Waals surface area (Å²) in [5, 5.41) is 9.83. The van der Waals surface area contributed by atoms with Gasteiger partial charge in [-0.3, -0.25) is 0 Å². The zero-order valence-electron chi connectivity index (χ0n) is 7.00. The van der Waals surface area contributed by atoms with Gasteiger partial charge >= 0.3 is 0 Å². The summed E-state index contributed by atoms with van der Waals surface area (Å²) in [4.78, 5) is 0.828. The molecule has 1 aromatic rings. The Morgan fingerprint density at radius 1 is 1.67 bits per heavy atom. The van der Waals surface area contributed by atoms with Crippen LogP contribution in [0.5, 0.6) is 0 Å². The van der Waals surface area contributed by atoms with Crippen LogP contribution in [0.1, 0.15) is 11.8 Å². The third kappa shape index (κ3) is 2.20. The first-order chi connectivity index (χ1) is 5.56. The molecular weight excluding hydrogens is 196 g/mol. The van der Waals surface area contributed by atoms with Gasteiger partial charge < -0.3 is 9.84 Å². The number of aliphatic hydroxyl groups is 1. The largest absolute Gasteiger partial charge is 0.382 e. The molecule has 68 valence electrons. The van der Waals surface area contributed by atoms with Gasteiger partial charge in [0.05, 0.1) is 10.9 Å². The van der Waals surface area contributed by atoms with Gasteiger partial charge in [0.15, 0.2) is 0 Å². The Balaban J connectivity index is 2.81. The summed E-state index contributed by atoms with van der Waals surface area (Å²) < 4.78 is 5.57. The lowest BCUT2D eigenvalue weighted by molar-refractivity contribution is -0.0180. The van der Waals surface area contributed by atoms with Gasteiger partial charge in [0.1, 0.15) is 5.60 Å². The molecular formula is C8H11ClO2S. The first-order valence-electron chi connectivity index (χ1n) is 3.53. The van der Waals surface area contributed by atoms with Crippen molar-refractivity contribution in [2.75, 3.05) is 13.7 Å². The zero-order valence-corrected chi connectivity index (χ0v) is 8.58.